The zero-order chi connectivity index (χ0) is 22.3. The summed E-state index contributed by atoms with van der Waals surface area (Å²) in [5.41, 5.74) is 8.27. The molecular weight excluding hydrogens is 415 g/mol. The SMILES string of the molecule is Cc1ccc[nH]1.NCCCC1(c2ccccc2)SC(c2cccc(F)c2)=NN1C(=O)O. The Labute approximate surface area is 185 Å². The van der Waals surface area contributed by atoms with E-state index in [2.05, 4.69) is 10.1 Å². The van der Waals surface area contributed by atoms with Crippen molar-refractivity contribution in [3.8, 4) is 0 Å². The summed E-state index contributed by atoms with van der Waals surface area (Å²) in [6.07, 6.45) is 1.90. The van der Waals surface area contributed by atoms with Crippen LogP contribution in [0.2, 0.25) is 0 Å². The zero-order valence-electron chi connectivity index (χ0n) is 17.2. The van der Waals surface area contributed by atoms with Gasteiger partial charge in [0.05, 0.1) is 0 Å². The van der Waals surface area contributed by atoms with Crippen LogP contribution in [0.5, 0.6) is 0 Å². The molecule has 1 aromatic heterocycles. The lowest BCUT2D eigenvalue weighted by atomic mass is 10.0. The molecule has 0 fully saturated rings. The number of amides is 1. The van der Waals surface area contributed by atoms with E-state index in [0.29, 0.717) is 30.0 Å². The highest BCUT2D eigenvalue weighted by Gasteiger charge is 2.48. The van der Waals surface area contributed by atoms with E-state index in [1.54, 1.807) is 12.1 Å². The fourth-order valence-corrected chi connectivity index (χ4v) is 4.67. The van der Waals surface area contributed by atoms with Crippen molar-refractivity contribution in [1.82, 2.24) is 9.99 Å². The molecule has 2 heterocycles. The predicted octanol–water partition coefficient (Wildman–Crippen LogP) is 5.13. The number of nitrogens with two attached hydrogens (primary N) is 1. The highest BCUT2D eigenvalue weighted by Crippen LogP contribution is 2.50. The third-order valence-corrected chi connectivity index (χ3v) is 6.21. The number of halogens is 1. The molecule has 1 aliphatic rings. The Morgan fingerprint density at radius 2 is 1.97 bits per heavy atom. The molecule has 0 radical (unpaired) electrons. The second-order valence-corrected chi connectivity index (χ2v) is 8.27. The van der Waals surface area contributed by atoms with Gasteiger partial charge < -0.3 is 15.8 Å². The molecule has 4 rings (SSSR count). The molecule has 0 saturated carbocycles. The number of H-pyrrole nitrogens is 1. The molecule has 3 aromatic rings. The minimum atomic E-state index is -1.15. The van der Waals surface area contributed by atoms with Crippen LogP contribution in [-0.4, -0.2) is 32.8 Å². The minimum absolute atomic E-state index is 0.387. The highest BCUT2D eigenvalue weighted by molar-refractivity contribution is 8.15. The summed E-state index contributed by atoms with van der Waals surface area (Å²) in [5.74, 6) is -0.387. The number of hydrogen-bond acceptors (Lipinski definition) is 4. The molecule has 0 aliphatic carbocycles. The van der Waals surface area contributed by atoms with Crippen LogP contribution < -0.4 is 5.73 Å². The lowest BCUT2D eigenvalue weighted by molar-refractivity contribution is 0.114. The first-order valence-corrected chi connectivity index (χ1v) is 10.7. The van der Waals surface area contributed by atoms with Crippen LogP contribution >= 0.6 is 11.8 Å². The highest BCUT2D eigenvalue weighted by atomic mass is 32.2. The van der Waals surface area contributed by atoms with Crippen LogP contribution in [0, 0.1) is 12.7 Å². The van der Waals surface area contributed by atoms with Gasteiger partial charge in [-0.1, -0.05) is 54.2 Å². The van der Waals surface area contributed by atoms with Crippen molar-refractivity contribution in [2.45, 2.75) is 24.6 Å². The number of carboxylic acid groups (broad SMARTS) is 1. The Bertz CT molecular complexity index is 1030. The number of hydrazone groups is 1. The standard InChI is InChI=1S/C18H18FN3O2S.C5H7N/c19-15-9-4-6-13(12-15)16-21-22(17(23)24)18(25-16,10-5-11-20)14-7-2-1-3-8-14;1-5-3-2-4-6-5/h1-4,6-9,12H,5,10-11,20H2,(H,23,24);2-4,6H,1H3. The second kappa shape index (κ2) is 10.3. The quantitative estimate of drug-likeness (QED) is 0.513. The number of aromatic amines is 1. The van der Waals surface area contributed by atoms with E-state index in [9.17, 15) is 14.3 Å². The largest absolute Gasteiger partial charge is 0.464 e. The summed E-state index contributed by atoms with van der Waals surface area (Å²) < 4.78 is 13.6. The third-order valence-electron chi connectivity index (χ3n) is 4.75. The molecule has 0 spiro atoms. The number of carbonyl (C=O) groups is 1. The minimum Gasteiger partial charge on any atom is -0.464 e. The summed E-state index contributed by atoms with van der Waals surface area (Å²) >= 11 is 1.32. The average molecular weight is 441 g/mol. The van der Waals surface area contributed by atoms with Gasteiger partial charge in [-0.2, -0.15) is 10.1 Å². The van der Waals surface area contributed by atoms with Crippen LogP contribution in [0.1, 0.15) is 29.7 Å². The Morgan fingerprint density at radius 3 is 2.52 bits per heavy atom. The average Bonchev–Trinajstić information content (AvgIpc) is 3.41. The second-order valence-electron chi connectivity index (χ2n) is 7.01. The molecule has 1 atom stereocenters. The Balaban J connectivity index is 0.000000391. The van der Waals surface area contributed by atoms with E-state index < -0.39 is 11.0 Å². The zero-order valence-corrected chi connectivity index (χ0v) is 18.0. The van der Waals surface area contributed by atoms with E-state index in [0.717, 1.165) is 10.6 Å². The maximum Gasteiger partial charge on any atom is 0.429 e. The summed E-state index contributed by atoms with van der Waals surface area (Å²) in [7, 11) is 0. The van der Waals surface area contributed by atoms with Gasteiger partial charge in [0.2, 0.25) is 0 Å². The first kappa shape index (κ1) is 22.6. The number of rotatable bonds is 5. The predicted molar refractivity (Wildman–Crippen MR) is 122 cm³/mol. The number of benzene rings is 2. The number of aryl methyl sites for hydroxylation is 1. The van der Waals surface area contributed by atoms with Gasteiger partial charge in [0.15, 0.2) is 0 Å². The van der Waals surface area contributed by atoms with Crippen molar-refractivity contribution >= 4 is 22.9 Å². The number of nitrogens with one attached hydrogen (secondary N) is 1. The van der Waals surface area contributed by atoms with Crippen molar-refractivity contribution < 1.29 is 14.3 Å². The van der Waals surface area contributed by atoms with Crippen molar-refractivity contribution in [2.75, 3.05) is 6.54 Å². The molecule has 1 unspecified atom stereocenters. The van der Waals surface area contributed by atoms with Crippen molar-refractivity contribution in [2.24, 2.45) is 10.8 Å². The number of hydrogen-bond donors (Lipinski definition) is 3. The van der Waals surface area contributed by atoms with Crippen LogP contribution in [0.3, 0.4) is 0 Å². The van der Waals surface area contributed by atoms with Crippen molar-refractivity contribution in [3.05, 3.63) is 95.6 Å². The van der Waals surface area contributed by atoms with Crippen molar-refractivity contribution in [1.29, 1.82) is 0 Å². The fourth-order valence-electron chi connectivity index (χ4n) is 3.27. The van der Waals surface area contributed by atoms with Crippen molar-refractivity contribution in [3.63, 3.8) is 0 Å². The van der Waals surface area contributed by atoms with Gasteiger partial charge in [-0.05, 0) is 56.1 Å². The van der Waals surface area contributed by atoms with Crippen LogP contribution in [0.25, 0.3) is 0 Å². The van der Waals surface area contributed by atoms with Gasteiger partial charge in [-0.15, -0.1) is 0 Å². The third kappa shape index (κ3) is 5.34. The Hall–Kier alpha value is -3.10. The van der Waals surface area contributed by atoms with E-state index in [-0.39, 0.29) is 5.82 Å². The topological polar surface area (TPSA) is 94.7 Å². The Kier molecular flexibility index (Phi) is 7.49. The lowest BCUT2D eigenvalue weighted by Crippen LogP contribution is -2.41. The molecule has 1 aliphatic heterocycles. The molecule has 31 heavy (non-hydrogen) atoms. The summed E-state index contributed by atoms with van der Waals surface area (Å²) in [4.78, 5) is 14.0. The van der Waals surface area contributed by atoms with Gasteiger partial charge in [0, 0.05) is 17.5 Å². The molecule has 1 amide bonds. The summed E-state index contributed by atoms with van der Waals surface area (Å²) in [6.45, 7) is 2.47. The first-order chi connectivity index (χ1) is 15.0. The first-order valence-electron chi connectivity index (χ1n) is 9.88. The molecule has 6 nitrogen and oxygen atoms in total. The molecule has 162 valence electrons. The number of nitrogens with zero attached hydrogens (tertiary/aromatic N) is 2. The van der Waals surface area contributed by atoms with Gasteiger partial charge in [0.1, 0.15) is 15.7 Å². The van der Waals surface area contributed by atoms with E-state index in [1.807, 2.05) is 55.6 Å². The molecular formula is C23H25FN4O2S. The van der Waals surface area contributed by atoms with E-state index >= 15 is 0 Å². The Morgan fingerprint density at radius 1 is 1.19 bits per heavy atom. The van der Waals surface area contributed by atoms with Gasteiger partial charge in [-0.25, -0.2) is 9.18 Å². The maximum absolute atomic E-state index is 13.6. The lowest BCUT2D eigenvalue weighted by Gasteiger charge is -2.34. The number of aromatic nitrogens is 1. The maximum atomic E-state index is 13.6. The smallest absolute Gasteiger partial charge is 0.429 e. The molecule has 0 saturated heterocycles. The molecule has 2 aromatic carbocycles. The fraction of sp³-hybridized carbons (Fsp3) is 0.217. The normalized spacial score (nSPS) is 17.6. The monoisotopic (exact) mass is 440 g/mol. The van der Waals surface area contributed by atoms with E-state index in [1.165, 1.54) is 29.6 Å². The molecule has 0 bridgehead atoms. The van der Waals surface area contributed by atoms with Crippen LogP contribution in [0.15, 0.2) is 78.0 Å². The van der Waals surface area contributed by atoms with Gasteiger partial charge in [-0.3, -0.25) is 0 Å². The summed E-state index contributed by atoms with van der Waals surface area (Å²) in [6, 6.07) is 19.4. The van der Waals surface area contributed by atoms with E-state index in [4.69, 9.17) is 5.73 Å². The number of thioether (sulfide) groups is 1. The van der Waals surface area contributed by atoms with Crippen LogP contribution in [0.4, 0.5) is 9.18 Å². The van der Waals surface area contributed by atoms with Gasteiger partial charge >= 0.3 is 6.09 Å². The van der Waals surface area contributed by atoms with Gasteiger partial charge in [0.25, 0.3) is 0 Å². The van der Waals surface area contributed by atoms with Crippen LogP contribution in [-0.2, 0) is 4.87 Å². The molecule has 8 heteroatoms. The summed E-state index contributed by atoms with van der Waals surface area (Å²) in [5, 5.41) is 15.6. The molecule has 4 N–H and O–H groups in total.